The van der Waals surface area contributed by atoms with Gasteiger partial charge in [-0.25, -0.2) is 4.79 Å². The molecule has 1 aromatic carbocycles. The van der Waals surface area contributed by atoms with E-state index >= 15 is 0 Å². The quantitative estimate of drug-likeness (QED) is 0.622. The van der Waals surface area contributed by atoms with Gasteiger partial charge in [0, 0.05) is 10.1 Å². The van der Waals surface area contributed by atoms with Crippen LogP contribution in [0, 0.1) is 0 Å². The van der Waals surface area contributed by atoms with E-state index in [0.29, 0.717) is 34.5 Å². The summed E-state index contributed by atoms with van der Waals surface area (Å²) >= 11 is 1.25. The van der Waals surface area contributed by atoms with Gasteiger partial charge in [-0.1, -0.05) is 6.07 Å². The summed E-state index contributed by atoms with van der Waals surface area (Å²) < 4.78 is 11.3. The van der Waals surface area contributed by atoms with Crippen LogP contribution in [0.4, 0.5) is 0 Å². The molecule has 0 atom stereocenters. The van der Waals surface area contributed by atoms with Crippen LogP contribution in [0.25, 0.3) is 10.1 Å². The maximum Gasteiger partial charge on any atom is 0.349 e. The maximum atomic E-state index is 11.9. The smallest absolute Gasteiger partial charge is 0.349 e. The Bertz CT molecular complexity index is 615. The Morgan fingerprint density at radius 1 is 1.32 bits per heavy atom. The molecular formula is C14H14O4S. The van der Waals surface area contributed by atoms with Crippen molar-refractivity contribution < 1.29 is 19.1 Å². The molecule has 0 saturated heterocycles. The van der Waals surface area contributed by atoms with Crippen molar-refractivity contribution in [1.29, 1.82) is 0 Å². The van der Waals surface area contributed by atoms with E-state index in [1.165, 1.54) is 11.3 Å². The molecule has 5 heteroatoms. The molecule has 0 bridgehead atoms. The Kier molecular flexibility index (Phi) is 4.16. The highest BCUT2D eigenvalue weighted by molar-refractivity contribution is 7.21. The molecule has 1 aromatic heterocycles. The van der Waals surface area contributed by atoms with Crippen LogP contribution in [-0.4, -0.2) is 25.5 Å². The highest BCUT2D eigenvalue weighted by atomic mass is 32.1. The number of aldehydes is 1. The monoisotopic (exact) mass is 278 g/mol. The van der Waals surface area contributed by atoms with E-state index in [1.807, 2.05) is 19.1 Å². The SMILES string of the molecule is CCOC(=O)c1sc2cccc(OCC)c2c1C=O. The van der Waals surface area contributed by atoms with Gasteiger partial charge in [0.05, 0.1) is 18.8 Å². The second kappa shape index (κ2) is 5.84. The van der Waals surface area contributed by atoms with Crippen molar-refractivity contribution >= 4 is 33.7 Å². The van der Waals surface area contributed by atoms with Crippen molar-refractivity contribution in [2.45, 2.75) is 13.8 Å². The average molecular weight is 278 g/mol. The zero-order valence-corrected chi connectivity index (χ0v) is 11.6. The number of carbonyl (C=O) groups is 2. The molecule has 4 nitrogen and oxygen atoms in total. The van der Waals surface area contributed by atoms with E-state index in [9.17, 15) is 9.59 Å². The van der Waals surface area contributed by atoms with Crippen LogP contribution in [0.3, 0.4) is 0 Å². The van der Waals surface area contributed by atoms with Crippen LogP contribution in [0.1, 0.15) is 33.9 Å². The summed E-state index contributed by atoms with van der Waals surface area (Å²) in [5.74, 6) is 0.155. The van der Waals surface area contributed by atoms with Crippen LogP contribution >= 0.6 is 11.3 Å². The first-order chi connectivity index (χ1) is 9.22. The van der Waals surface area contributed by atoms with Crippen molar-refractivity contribution in [3.63, 3.8) is 0 Å². The molecule has 1 heterocycles. The predicted molar refractivity (Wildman–Crippen MR) is 74.3 cm³/mol. The van der Waals surface area contributed by atoms with Gasteiger partial charge in [-0.15, -0.1) is 11.3 Å². The molecule has 0 aliphatic heterocycles. The maximum absolute atomic E-state index is 11.9. The van der Waals surface area contributed by atoms with Gasteiger partial charge in [-0.3, -0.25) is 4.79 Å². The van der Waals surface area contributed by atoms with Crippen molar-refractivity contribution in [1.82, 2.24) is 0 Å². The first kappa shape index (κ1) is 13.5. The Morgan fingerprint density at radius 2 is 2.11 bits per heavy atom. The summed E-state index contributed by atoms with van der Waals surface area (Å²) in [6, 6.07) is 5.49. The van der Waals surface area contributed by atoms with Crippen molar-refractivity contribution in [3.05, 3.63) is 28.6 Å². The molecule has 0 unspecified atom stereocenters. The van der Waals surface area contributed by atoms with Gasteiger partial charge in [0.2, 0.25) is 0 Å². The highest BCUT2D eigenvalue weighted by Gasteiger charge is 2.21. The first-order valence-electron chi connectivity index (χ1n) is 6.03. The molecular weight excluding hydrogens is 264 g/mol. The van der Waals surface area contributed by atoms with Crippen LogP contribution in [-0.2, 0) is 4.74 Å². The topological polar surface area (TPSA) is 52.6 Å². The van der Waals surface area contributed by atoms with Crippen LogP contribution < -0.4 is 4.74 Å². The normalized spacial score (nSPS) is 10.4. The van der Waals surface area contributed by atoms with Crippen molar-refractivity contribution in [3.8, 4) is 5.75 Å². The minimum absolute atomic E-state index is 0.281. The van der Waals surface area contributed by atoms with E-state index in [1.54, 1.807) is 13.0 Å². The largest absolute Gasteiger partial charge is 0.493 e. The minimum atomic E-state index is -0.465. The number of ether oxygens (including phenoxy) is 2. The van der Waals surface area contributed by atoms with E-state index in [4.69, 9.17) is 9.47 Å². The second-order valence-electron chi connectivity index (χ2n) is 3.75. The lowest BCUT2D eigenvalue weighted by molar-refractivity contribution is 0.0530. The molecule has 19 heavy (non-hydrogen) atoms. The third kappa shape index (κ3) is 2.46. The second-order valence-corrected chi connectivity index (χ2v) is 4.80. The number of fused-ring (bicyclic) bond motifs is 1. The van der Waals surface area contributed by atoms with Crippen LogP contribution in [0.5, 0.6) is 5.75 Å². The summed E-state index contributed by atoms with van der Waals surface area (Å²) in [6.07, 6.45) is 0.688. The molecule has 2 aromatic rings. The molecule has 0 radical (unpaired) electrons. The number of benzene rings is 1. The lowest BCUT2D eigenvalue weighted by atomic mass is 10.1. The molecule has 0 aliphatic carbocycles. The Balaban J connectivity index is 2.64. The van der Waals surface area contributed by atoms with E-state index in [2.05, 4.69) is 0 Å². The average Bonchev–Trinajstić information content (AvgIpc) is 2.79. The fraction of sp³-hybridized carbons (Fsp3) is 0.286. The molecule has 0 aliphatic rings. The minimum Gasteiger partial charge on any atom is -0.493 e. The standard InChI is InChI=1S/C14H14O4S/c1-3-17-10-6-5-7-11-12(10)9(8-15)13(19-11)14(16)18-4-2/h5-8H,3-4H2,1-2H3. The summed E-state index contributed by atoms with van der Waals surface area (Å²) in [5, 5.41) is 0.687. The predicted octanol–water partition coefficient (Wildman–Crippen LogP) is 3.29. The summed E-state index contributed by atoms with van der Waals surface area (Å²) in [6.45, 7) is 4.39. The van der Waals surface area contributed by atoms with E-state index in [-0.39, 0.29) is 6.61 Å². The van der Waals surface area contributed by atoms with E-state index in [0.717, 1.165) is 4.70 Å². The zero-order valence-electron chi connectivity index (χ0n) is 10.8. The summed E-state index contributed by atoms with van der Waals surface area (Å²) in [5.41, 5.74) is 0.350. The molecule has 0 spiro atoms. The Labute approximate surface area is 114 Å². The zero-order chi connectivity index (χ0) is 13.8. The molecule has 0 fully saturated rings. The first-order valence-corrected chi connectivity index (χ1v) is 6.85. The van der Waals surface area contributed by atoms with Crippen LogP contribution in [0.2, 0.25) is 0 Å². The summed E-state index contributed by atoms with van der Waals surface area (Å²) in [7, 11) is 0. The van der Waals surface area contributed by atoms with Crippen molar-refractivity contribution in [2.24, 2.45) is 0 Å². The Hall–Kier alpha value is -1.88. The number of esters is 1. The van der Waals surface area contributed by atoms with Gasteiger partial charge < -0.3 is 9.47 Å². The number of rotatable bonds is 5. The fourth-order valence-electron chi connectivity index (χ4n) is 1.88. The van der Waals surface area contributed by atoms with Gasteiger partial charge in [0.15, 0.2) is 6.29 Å². The van der Waals surface area contributed by atoms with Crippen LogP contribution in [0.15, 0.2) is 18.2 Å². The fourth-order valence-corrected chi connectivity index (χ4v) is 2.96. The molecule has 100 valence electrons. The number of hydrogen-bond donors (Lipinski definition) is 0. The van der Waals surface area contributed by atoms with Gasteiger partial charge >= 0.3 is 5.97 Å². The molecule has 0 N–H and O–H groups in total. The molecule has 0 amide bonds. The number of carbonyl (C=O) groups excluding carboxylic acids is 2. The lowest BCUT2D eigenvalue weighted by Gasteiger charge is -2.04. The number of hydrogen-bond acceptors (Lipinski definition) is 5. The summed E-state index contributed by atoms with van der Waals surface area (Å²) in [4.78, 5) is 23.5. The van der Waals surface area contributed by atoms with Gasteiger partial charge in [0.1, 0.15) is 10.6 Å². The Morgan fingerprint density at radius 3 is 2.74 bits per heavy atom. The molecule has 2 rings (SSSR count). The third-order valence-corrected chi connectivity index (χ3v) is 3.74. The lowest BCUT2D eigenvalue weighted by Crippen LogP contribution is -2.04. The van der Waals surface area contributed by atoms with Gasteiger partial charge in [0.25, 0.3) is 0 Å². The van der Waals surface area contributed by atoms with Crippen molar-refractivity contribution in [2.75, 3.05) is 13.2 Å². The third-order valence-electron chi connectivity index (χ3n) is 2.59. The number of thiophene rings is 1. The molecule has 0 saturated carbocycles. The highest BCUT2D eigenvalue weighted by Crippen LogP contribution is 2.37. The van der Waals surface area contributed by atoms with Gasteiger partial charge in [-0.05, 0) is 26.0 Å². The van der Waals surface area contributed by atoms with E-state index < -0.39 is 5.97 Å². The van der Waals surface area contributed by atoms with Gasteiger partial charge in [-0.2, -0.15) is 0 Å².